The van der Waals surface area contributed by atoms with E-state index in [9.17, 15) is 4.79 Å². The number of likely N-dealkylation sites (tertiary alicyclic amines) is 1. The van der Waals surface area contributed by atoms with Crippen LogP contribution in [0.15, 0.2) is 35.3 Å². The SMILES string of the molecule is CCCCNC(N)=NCC(=O)N1CCC(Cc2ccccc2)CC1. The number of nitrogens with two attached hydrogens (primary N) is 1. The van der Waals surface area contributed by atoms with Gasteiger partial charge in [0.15, 0.2) is 5.96 Å². The molecule has 0 spiro atoms. The van der Waals surface area contributed by atoms with Gasteiger partial charge in [0.05, 0.1) is 0 Å². The Morgan fingerprint density at radius 2 is 2.00 bits per heavy atom. The quantitative estimate of drug-likeness (QED) is 0.457. The van der Waals surface area contributed by atoms with Gasteiger partial charge in [-0.15, -0.1) is 0 Å². The number of aliphatic imine (C=N–C) groups is 1. The molecule has 1 aromatic rings. The van der Waals surface area contributed by atoms with E-state index in [0.29, 0.717) is 11.9 Å². The molecule has 1 fully saturated rings. The lowest BCUT2D eigenvalue weighted by Crippen LogP contribution is -2.41. The van der Waals surface area contributed by atoms with Gasteiger partial charge in [-0.2, -0.15) is 0 Å². The number of piperidine rings is 1. The first-order chi connectivity index (χ1) is 11.7. The molecule has 1 heterocycles. The summed E-state index contributed by atoms with van der Waals surface area (Å²) >= 11 is 0. The average molecular weight is 330 g/mol. The average Bonchev–Trinajstić information content (AvgIpc) is 2.61. The molecule has 0 aliphatic carbocycles. The minimum atomic E-state index is 0.0772. The number of rotatable bonds is 7. The molecule has 3 N–H and O–H groups in total. The van der Waals surface area contributed by atoms with Gasteiger partial charge in [-0.3, -0.25) is 4.79 Å². The molecule has 1 aliphatic heterocycles. The highest BCUT2D eigenvalue weighted by Gasteiger charge is 2.22. The number of carbonyl (C=O) groups is 1. The fraction of sp³-hybridized carbons (Fsp3) is 0.579. The van der Waals surface area contributed by atoms with Crippen LogP contribution < -0.4 is 11.1 Å². The van der Waals surface area contributed by atoms with Crippen LogP contribution in [0.25, 0.3) is 0 Å². The molecule has 5 nitrogen and oxygen atoms in total. The first-order valence-corrected chi connectivity index (χ1v) is 9.04. The third-order valence-electron chi connectivity index (χ3n) is 4.56. The maximum Gasteiger partial charge on any atom is 0.244 e. The lowest BCUT2D eigenvalue weighted by molar-refractivity contribution is -0.130. The molecule has 2 rings (SSSR count). The standard InChI is InChI=1S/C19H30N4O/c1-2-3-11-21-19(20)22-15-18(24)23-12-9-17(10-13-23)14-16-7-5-4-6-8-16/h4-8,17H,2-3,9-15H2,1H3,(H3,20,21,22). The summed E-state index contributed by atoms with van der Waals surface area (Å²) in [5, 5.41) is 3.03. The number of carbonyl (C=O) groups excluding carboxylic acids is 1. The van der Waals surface area contributed by atoms with Crippen LogP contribution >= 0.6 is 0 Å². The second-order valence-electron chi connectivity index (χ2n) is 6.50. The number of amides is 1. The molecule has 0 atom stereocenters. The summed E-state index contributed by atoms with van der Waals surface area (Å²) in [6.45, 7) is 4.74. The smallest absolute Gasteiger partial charge is 0.244 e. The Hall–Kier alpha value is -2.04. The van der Waals surface area contributed by atoms with Crippen LogP contribution in [0.4, 0.5) is 0 Å². The maximum absolute atomic E-state index is 12.2. The van der Waals surface area contributed by atoms with Crippen molar-refractivity contribution in [3.05, 3.63) is 35.9 Å². The van der Waals surface area contributed by atoms with Gasteiger partial charge in [0.2, 0.25) is 5.91 Å². The summed E-state index contributed by atoms with van der Waals surface area (Å²) in [5.74, 6) is 1.12. The summed E-state index contributed by atoms with van der Waals surface area (Å²) in [6, 6.07) is 10.6. The number of nitrogens with one attached hydrogen (secondary N) is 1. The van der Waals surface area contributed by atoms with Crippen LogP contribution in [0, 0.1) is 5.92 Å². The molecule has 0 aromatic heterocycles. The van der Waals surface area contributed by atoms with Crippen LogP contribution in [-0.2, 0) is 11.2 Å². The summed E-state index contributed by atoms with van der Waals surface area (Å²) in [4.78, 5) is 18.3. The Balaban J connectivity index is 1.69. The maximum atomic E-state index is 12.2. The summed E-state index contributed by atoms with van der Waals surface area (Å²) in [5.41, 5.74) is 7.16. The highest BCUT2D eigenvalue weighted by Crippen LogP contribution is 2.21. The third-order valence-corrected chi connectivity index (χ3v) is 4.56. The van der Waals surface area contributed by atoms with Crippen molar-refractivity contribution in [3.63, 3.8) is 0 Å². The Kier molecular flexibility index (Phi) is 7.59. The van der Waals surface area contributed by atoms with Crippen molar-refractivity contribution in [2.24, 2.45) is 16.6 Å². The van der Waals surface area contributed by atoms with Gasteiger partial charge in [0, 0.05) is 19.6 Å². The molecule has 1 aromatic carbocycles. The number of unbranched alkanes of at least 4 members (excludes halogenated alkanes) is 1. The van der Waals surface area contributed by atoms with E-state index in [-0.39, 0.29) is 12.5 Å². The fourth-order valence-electron chi connectivity index (χ4n) is 3.04. The highest BCUT2D eigenvalue weighted by molar-refractivity contribution is 5.84. The number of nitrogens with zero attached hydrogens (tertiary/aromatic N) is 2. The van der Waals surface area contributed by atoms with E-state index in [2.05, 4.69) is 41.5 Å². The van der Waals surface area contributed by atoms with E-state index in [4.69, 9.17) is 5.73 Å². The highest BCUT2D eigenvalue weighted by atomic mass is 16.2. The molecule has 5 heteroatoms. The van der Waals surface area contributed by atoms with Gasteiger partial charge in [0.25, 0.3) is 0 Å². The minimum absolute atomic E-state index is 0.0772. The van der Waals surface area contributed by atoms with Crippen LogP contribution in [0.3, 0.4) is 0 Å². The number of benzene rings is 1. The molecule has 132 valence electrons. The van der Waals surface area contributed by atoms with Crippen molar-refractivity contribution >= 4 is 11.9 Å². The van der Waals surface area contributed by atoms with Crippen LogP contribution in [0.5, 0.6) is 0 Å². The predicted octanol–water partition coefficient (Wildman–Crippen LogP) is 2.17. The topological polar surface area (TPSA) is 70.7 Å². The Bertz CT molecular complexity index is 521. The zero-order valence-corrected chi connectivity index (χ0v) is 14.7. The van der Waals surface area contributed by atoms with Crippen molar-refractivity contribution in [3.8, 4) is 0 Å². The van der Waals surface area contributed by atoms with E-state index < -0.39 is 0 Å². The van der Waals surface area contributed by atoms with Gasteiger partial charge in [0.1, 0.15) is 6.54 Å². The molecule has 1 saturated heterocycles. The van der Waals surface area contributed by atoms with Gasteiger partial charge >= 0.3 is 0 Å². The molecule has 1 aliphatic rings. The Morgan fingerprint density at radius 1 is 1.29 bits per heavy atom. The van der Waals surface area contributed by atoms with Crippen LogP contribution in [0.1, 0.15) is 38.2 Å². The van der Waals surface area contributed by atoms with Crippen LogP contribution in [0.2, 0.25) is 0 Å². The number of hydrogen-bond acceptors (Lipinski definition) is 2. The Labute approximate surface area is 145 Å². The third kappa shape index (κ3) is 6.22. The molecule has 0 saturated carbocycles. The molecular formula is C19H30N4O. The zero-order valence-electron chi connectivity index (χ0n) is 14.7. The molecular weight excluding hydrogens is 300 g/mol. The van der Waals surface area contributed by atoms with E-state index in [1.807, 2.05) is 11.0 Å². The van der Waals surface area contributed by atoms with E-state index >= 15 is 0 Å². The zero-order chi connectivity index (χ0) is 17.2. The number of hydrogen-bond donors (Lipinski definition) is 2. The van der Waals surface area contributed by atoms with E-state index in [1.165, 1.54) is 5.56 Å². The first kappa shape index (κ1) is 18.3. The van der Waals surface area contributed by atoms with E-state index in [0.717, 1.165) is 51.7 Å². The minimum Gasteiger partial charge on any atom is -0.370 e. The second-order valence-corrected chi connectivity index (χ2v) is 6.50. The lowest BCUT2D eigenvalue weighted by Gasteiger charge is -2.31. The van der Waals surface area contributed by atoms with Gasteiger partial charge in [-0.25, -0.2) is 4.99 Å². The van der Waals surface area contributed by atoms with Crippen molar-refractivity contribution in [2.75, 3.05) is 26.2 Å². The summed E-state index contributed by atoms with van der Waals surface area (Å²) < 4.78 is 0. The molecule has 24 heavy (non-hydrogen) atoms. The van der Waals surface area contributed by atoms with Gasteiger partial charge in [-0.1, -0.05) is 43.7 Å². The van der Waals surface area contributed by atoms with Crippen molar-refractivity contribution in [1.29, 1.82) is 0 Å². The van der Waals surface area contributed by atoms with E-state index in [1.54, 1.807) is 0 Å². The molecule has 0 bridgehead atoms. The fourth-order valence-corrected chi connectivity index (χ4v) is 3.04. The first-order valence-electron chi connectivity index (χ1n) is 9.04. The van der Waals surface area contributed by atoms with Crippen molar-refractivity contribution in [2.45, 2.75) is 39.0 Å². The molecule has 1 amide bonds. The molecule has 0 unspecified atom stereocenters. The van der Waals surface area contributed by atoms with Gasteiger partial charge < -0.3 is 16.0 Å². The Morgan fingerprint density at radius 3 is 2.67 bits per heavy atom. The monoisotopic (exact) mass is 330 g/mol. The normalized spacial score (nSPS) is 16.2. The van der Waals surface area contributed by atoms with Crippen molar-refractivity contribution in [1.82, 2.24) is 10.2 Å². The van der Waals surface area contributed by atoms with Crippen molar-refractivity contribution < 1.29 is 4.79 Å². The second kappa shape index (κ2) is 9.96. The molecule has 0 radical (unpaired) electrons. The summed E-state index contributed by atoms with van der Waals surface area (Å²) in [7, 11) is 0. The number of guanidine groups is 1. The lowest BCUT2D eigenvalue weighted by atomic mass is 9.90. The van der Waals surface area contributed by atoms with Crippen LogP contribution in [-0.4, -0.2) is 42.9 Å². The van der Waals surface area contributed by atoms with Gasteiger partial charge in [-0.05, 0) is 37.2 Å². The predicted molar refractivity (Wildman–Crippen MR) is 98.9 cm³/mol. The largest absolute Gasteiger partial charge is 0.370 e. The summed E-state index contributed by atoms with van der Waals surface area (Å²) in [6.07, 6.45) is 5.40.